The van der Waals surface area contributed by atoms with E-state index >= 15 is 0 Å². The van der Waals surface area contributed by atoms with Crippen LogP contribution in [-0.2, 0) is 4.74 Å². The Labute approximate surface area is 186 Å². The third kappa shape index (κ3) is 4.05. The van der Waals surface area contributed by atoms with Crippen molar-refractivity contribution in [2.75, 3.05) is 32.8 Å². The van der Waals surface area contributed by atoms with Gasteiger partial charge in [0.1, 0.15) is 28.7 Å². The normalized spacial score (nSPS) is 14.7. The molecule has 5 nitrogen and oxygen atoms in total. The van der Waals surface area contributed by atoms with E-state index in [4.69, 9.17) is 14.2 Å². The molecule has 0 spiro atoms. The average molecular weight is 436 g/mol. The van der Waals surface area contributed by atoms with E-state index in [9.17, 15) is 4.79 Å². The quantitative estimate of drug-likeness (QED) is 0.356. The van der Waals surface area contributed by atoms with Crippen LogP contribution in [0.25, 0.3) is 21.6 Å². The van der Waals surface area contributed by atoms with Crippen molar-refractivity contribution in [1.29, 1.82) is 0 Å². The summed E-state index contributed by atoms with van der Waals surface area (Å²) in [5.74, 6) is 2.01. The van der Waals surface area contributed by atoms with Gasteiger partial charge in [-0.2, -0.15) is 0 Å². The first-order chi connectivity index (χ1) is 15.2. The first kappa shape index (κ1) is 20.1. The van der Waals surface area contributed by atoms with Gasteiger partial charge >= 0.3 is 5.97 Å². The molecule has 0 radical (unpaired) electrons. The third-order valence-corrected chi connectivity index (χ3v) is 6.83. The second-order valence-electron chi connectivity index (χ2n) is 7.73. The van der Waals surface area contributed by atoms with Gasteiger partial charge in [-0.25, -0.2) is 4.79 Å². The largest absolute Gasteiger partial charge is 0.492 e. The van der Waals surface area contributed by atoms with Gasteiger partial charge in [-0.15, -0.1) is 11.3 Å². The summed E-state index contributed by atoms with van der Waals surface area (Å²) in [6, 6.07) is 15.8. The highest BCUT2D eigenvalue weighted by Crippen LogP contribution is 2.50. The van der Waals surface area contributed by atoms with Crippen LogP contribution >= 0.6 is 11.3 Å². The van der Waals surface area contributed by atoms with Gasteiger partial charge in [-0.1, -0.05) is 18.2 Å². The molecule has 3 aromatic rings. The Kier molecular flexibility index (Phi) is 5.66. The molecule has 1 saturated heterocycles. The van der Waals surface area contributed by atoms with Crippen molar-refractivity contribution in [3.8, 4) is 38.8 Å². The molecule has 0 unspecified atom stereocenters. The van der Waals surface area contributed by atoms with Crippen molar-refractivity contribution in [3.05, 3.63) is 53.4 Å². The van der Waals surface area contributed by atoms with Gasteiger partial charge in [0.25, 0.3) is 0 Å². The van der Waals surface area contributed by atoms with Crippen LogP contribution in [-0.4, -0.2) is 43.7 Å². The number of carbonyl (C=O) groups excluding carboxylic acids is 1. The number of rotatable bonds is 6. The molecule has 1 aromatic heterocycles. The standard InChI is InChI=1S/C25H25NO4S/c1-2-28-25(27)23-16-20-18-7-3-4-8-21(18)30-22-15-17(9-10-19(22)24(20)31-23)29-14-13-26-11-5-6-12-26/h3-4,7-10,15-16H,2,5-6,11-14H2,1H3. The first-order valence-corrected chi connectivity index (χ1v) is 11.6. The summed E-state index contributed by atoms with van der Waals surface area (Å²) in [5.41, 5.74) is 2.92. The smallest absolute Gasteiger partial charge is 0.348 e. The maximum atomic E-state index is 12.4. The van der Waals surface area contributed by atoms with Gasteiger partial charge in [0, 0.05) is 34.2 Å². The van der Waals surface area contributed by atoms with E-state index in [1.165, 1.54) is 24.2 Å². The predicted octanol–water partition coefficient (Wildman–Crippen LogP) is 5.84. The summed E-state index contributed by atoms with van der Waals surface area (Å²) >= 11 is 1.44. The minimum atomic E-state index is -0.289. The Morgan fingerprint density at radius 1 is 1.03 bits per heavy atom. The van der Waals surface area contributed by atoms with E-state index in [1.807, 2.05) is 55.5 Å². The lowest BCUT2D eigenvalue weighted by molar-refractivity contribution is 0.0532. The molecule has 3 heterocycles. The van der Waals surface area contributed by atoms with Crippen LogP contribution < -0.4 is 9.47 Å². The Hall–Kier alpha value is -2.83. The SMILES string of the molecule is CCOC(=O)c1cc2c(s1)-c1ccc(OCCN3CCCC3)cc1Oc1ccccc1-2. The lowest BCUT2D eigenvalue weighted by Gasteiger charge is -2.16. The van der Waals surface area contributed by atoms with Crippen LogP contribution in [0.5, 0.6) is 17.2 Å². The van der Waals surface area contributed by atoms with Gasteiger partial charge in [-0.3, -0.25) is 4.90 Å². The number of esters is 1. The number of nitrogens with zero attached hydrogens (tertiary/aromatic N) is 1. The van der Waals surface area contributed by atoms with E-state index in [-0.39, 0.29) is 5.97 Å². The molecule has 2 aliphatic heterocycles. The molecule has 0 saturated carbocycles. The lowest BCUT2D eigenvalue weighted by Crippen LogP contribution is -2.25. The Morgan fingerprint density at radius 2 is 1.87 bits per heavy atom. The highest BCUT2D eigenvalue weighted by Gasteiger charge is 2.26. The molecule has 0 bridgehead atoms. The number of hydrogen-bond donors (Lipinski definition) is 0. The fourth-order valence-electron chi connectivity index (χ4n) is 4.15. The van der Waals surface area contributed by atoms with E-state index < -0.39 is 0 Å². The van der Waals surface area contributed by atoms with Crippen LogP contribution in [0, 0.1) is 0 Å². The van der Waals surface area contributed by atoms with E-state index in [0.717, 1.165) is 58.5 Å². The predicted molar refractivity (Wildman–Crippen MR) is 122 cm³/mol. The Balaban J connectivity index is 1.48. The molecule has 160 valence electrons. The van der Waals surface area contributed by atoms with E-state index in [2.05, 4.69) is 4.90 Å². The summed E-state index contributed by atoms with van der Waals surface area (Å²) in [4.78, 5) is 16.4. The second kappa shape index (κ2) is 8.73. The van der Waals surface area contributed by atoms with Crippen LogP contribution in [0.1, 0.15) is 29.4 Å². The number of fused-ring (bicyclic) bond motifs is 5. The molecular formula is C25H25NO4S. The molecule has 2 aliphatic rings. The number of likely N-dealkylation sites (tertiary alicyclic amines) is 1. The Bertz CT molecular complexity index is 1100. The van der Waals surface area contributed by atoms with Crippen molar-refractivity contribution in [2.24, 2.45) is 0 Å². The maximum absolute atomic E-state index is 12.4. The number of thiophene rings is 1. The number of ether oxygens (including phenoxy) is 3. The third-order valence-electron chi connectivity index (χ3n) is 5.68. The van der Waals surface area contributed by atoms with Crippen LogP contribution in [0.2, 0.25) is 0 Å². The maximum Gasteiger partial charge on any atom is 0.348 e. The van der Waals surface area contributed by atoms with Crippen molar-refractivity contribution < 1.29 is 19.0 Å². The number of carbonyl (C=O) groups is 1. The monoisotopic (exact) mass is 435 g/mol. The fourth-order valence-corrected chi connectivity index (χ4v) is 5.25. The molecule has 0 aliphatic carbocycles. The molecule has 31 heavy (non-hydrogen) atoms. The summed E-state index contributed by atoms with van der Waals surface area (Å²) in [7, 11) is 0. The lowest BCUT2D eigenvalue weighted by atomic mass is 10.0. The highest BCUT2D eigenvalue weighted by molar-refractivity contribution is 7.18. The minimum absolute atomic E-state index is 0.289. The summed E-state index contributed by atoms with van der Waals surface area (Å²) < 4.78 is 17.6. The molecule has 0 N–H and O–H groups in total. The zero-order valence-electron chi connectivity index (χ0n) is 17.6. The summed E-state index contributed by atoms with van der Waals surface area (Å²) in [6.45, 7) is 6.11. The van der Waals surface area contributed by atoms with Crippen LogP contribution in [0.3, 0.4) is 0 Å². The summed E-state index contributed by atoms with van der Waals surface area (Å²) in [6.07, 6.45) is 2.56. The highest BCUT2D eigenvalue weighted by atomic mass is 32.1. The second-order valence-corrected chi connectivity index (χ2v) is 8.78. The van der Waals surface area contributed by atoms with E-state index in [1.54, 1.807) is 0 Å². The summed E-state index contributed by atoms with van der Waals surface area (Å²) in [5, 5.41) is 0. The van der Waals surface area contributed by atoms with Crippen molar-refractivity contribution in [2.45, 2.75) is 19.8 Å². The topological polar surface area (TPSA) is 48.0 Å². The molecule has 0 amide bonds. The van der Waals surface area contributed by atoms with Gasteiger partial charge < -0.3 is 14.2 Å². The van der Waals surface area contributed by atoms with Gasteiger partial charge in [0.15, 0.2) is 0 Å². The van der Waals surface area contributed by atoms with Gasteiger partial charge in [0.2, 0.25) is 0 Å². The zero-order chi connectivity index (χ0) is 21.2. The van der Waals surface area contributed by atoms with Gasteiger partial charge in [0.05, 0.1) is 6.61 Å². The number of hydrogen-bond acceptors (Lipinski definition) is 6. The molecule has 6 heteroatoms. The molecular weight excluding hydrogens is 410 g/mol. The first-order valence-electron chi connectivity index (χ1n) is 10.8. The minimum Gasteiger partial charge on any atom is -0.492 e. The number of benzene rings is 2. The molecule has 1 fully saturated rings. The zero-order valence-corrected chi connectivity index (χ0v) is 18.4. The van der Waals surface area contributed by atoms with Crippen molar-refractivity contribution >= 4 is 17.3 Å². The fraction of sp³-hybridized carbons (Fsp3) is 0.320. The van der Waals surface area contributed by atoms with Crippen molar-refractivity contribution in [1.82, 2.24) is 4.90 Å². The average Bonchev–Trinajstić information content (AvgIpc) is 3.43. The number of para-hydroxylation sites is 1. The van der Waals surface area contributed by atoms with Crippen LogP contribution in [0.15, 0.2) is 48.5 Å². The van der Waals surface area contributed by atoms with Crippen LogP contribution in [0.4, 0.5) is 0 Å². The van der Waals surface area contributed by atoms with Crippen molar-refractivity contribution in [3.63, 3.8) is 0 Å². The Morgan fingerprint density at radius 3 is 2.71 bits per heavy atom. The van der Waals surface area contributed by atoms with Gasteiger partial charge in [-0.05, 0) is 57.1 Å². The molecule has 0 atom stereocenters. The molecule has 2 aromatic carbocycles. The molecule has 5 rings (SSSR count). The van der Waals surface area contributed by atoms with E-state index in [0.29, 0.717) is 18.1 Å².